The number of nitrogens with one attached hydrogen (secondary N) is 1. The highest BCUT2D eigenvalue weighted by Gasteiger charge is 2.19. The maximum atomic E-state index is 12.6. The van der Waals surface area contributed by atoms with Crippen molar-refractivity contribution in [1.29, 1.82) is 0 Å². The zero-order valence-corrected chi connectivity index (χ0v) is 19.4. The summed E-state index contributed by atoms with van der Waals surface area (Å²) in [7, 11) is 1.57. The summed E-state index contributed by atoms with van der Waals surface area (Å²) in [4.78, 5) is 12.6. The molecule has 3 aromatic rings. The molecule has 0 aliphatic carbocycles. The molecule has 7 nitrogen and oxygen atoms in total. The van der Waals surface area contributed by atoms with Crippen LogP contribution in [-0.2, 0) is 24.2 Å². The van der Waals surface area contributed by atoms with Gasteiger partial charge in [0.05, 0.1) is 12.1 Å². The summed E-state index contributed by atoms with van der Waals surface area (Å²) in [6.07, 6.45) is 6.83. The predicted octanol–water partition coefficient (Wildman–Crippen LogP) is 5.08. The van der Waals surface area contributed by atoms with Crippen LogP contribution in [-0.4, -0.2) is 34.4 Å². The predicted molar refractivity (Wildman–Crippen MR) is 129 cm³/mol. The van der Waals surface area contributed by atoms with Crippen LogP contribution in [0.15, 0.2) is 49.1 Å². The van der Waals surface area contributed by atoms with Crippen molar-refractivity contribution in [3.8, 4) is 22.9 Å². The molecule has 2 aromatic carbocycles. The molecular formula is C25H27ClN4O3. The van der Waals surface area contributed by atoms with Crippen molar-refractivity contribution in [3.05, 3.63) is 65.5 Å². The normalized spacial score (nSPS) is 13.0. The Labute approximate surface area is 198 Å². The van der Waals surface area contributed by atoms with Crippen LogP contribution < -0.4 is 14.8 Å². The molecule has 0 unspecified atom stereocenters. The number of hydrogen-bond donors (Lipinski definition) is 1. The lowest BCUT2D eigenvalue weighted by atomic mass is 10.1. The molecule has 0 saturated heterocycles. The monoisotopic (exact) mass is 466 g/mol. The van der Waals surface area contributed by atoms with Crippen LogP contribution in [0, 0.1) is 0 Å². The van der Waals surface area contributed by atoms with Gasteiger partial charge >= 0.3 is 0 Å². The number of allylic oxidation sites excluding steroid dienone is 1. The number of fused-ring (bicyclic) bond motifs is 1. The maximum Gasteiger partial charge on any atom is 0.262 e. The van der Waals surface area contributed by atoms with Gasteiger partial charge in [-0.3, -0.25) is 4.79 Å². The number of aryl methyl sites for hydroxylation is 1. The van der Waals surface area contributed by atoms with E-state index >= 15 is 0 Å². The SMILES string of the molecule is C=CCc1ccc(OCC(=O)Nc2ccc(Cl)c(-c3nnc4n3CCCCC4)c2)c(OC)c1. The van der Waals surface area contributed by atoms with Gasteiger partial charge in [-0.1, -0.05) is 30.2 Å². The first kappa shape index (κ1) is 22.9. The minimum absolute atomic E-state index is 0.157. The third kappa shape index (κ3) is 5.37. The quantitative estimate of drug-likeness (QED) is 0.468. The fourth-order valence-electron chi connectivity index (χ4n) is 3.92. The highest BCUT2D eigenvalue weighted by Crippen LogP contribution is 2.32. The Balaban J connectivity index is 1.45. The molecular weight excluding hydrogens is 440 g/mol. The van der Waals surface area contributed by atoms with E-state index in [9.17, 15) is 4.79 Å². The molecule has 0 bridgehead atoms. The molecule has 1 aromatic heterocycles. The van der Waals surface area contributed by atoms with E-state index in [0.29, 0.717) is 22.2 Å². The van der Waals surface area contributed by atoms with Gasteiger partial charge in [0.2, 0.25) is 0 Å². The highest BCUT2D eigenvalue weighted by molar-refractivity contribution is 6.33. The topological polar surface area (TPSA) is 78.3 Å². The van der Waals surface area contributed by atoms with E-state index in [0.717, 1.165) is 55.0 Å². The Morgan fingerprint density at radius 2 is 2.06 bits per heavy atom. The van der Waals surface area contributed by atoms with E-state index < -0.39 is 0 Å². The van der Waals surface area contributed by atoms with Crippen molar-refractivity contribution >= 4 is 23.2 Å². The molecule has 0 atom stereocenters. The van der Waals surface area contributed by atoms with Crippen molar-refractivity contribution in [2.24, 2.45) is 0 Å². The number of ether oxygens (including phenoxy) is 2. The van der Waals surface area contributed by atoms with Gasteiger partial charge in [-0.15, -0.1) is 16.8 Å². The standard InChI is InChI=1S/C25H27ClN4O3/c1-3-7-17-9-12-21(22(14-17)32-2)33-16-24(31)27-18-10-11-20(26)19(15-18)25-29-28-23-8-5-4-6-13-30(23)25/h3,9-12,14-15H,1,4-8,13,16H2,2H3,(H,27,31). The van der Waals surface area contributed by atoms with E-state index in [-0.39, 0.29) is 12.5 Å². The van der Waals surface area contributed by atoms with E-state index in [2.05, 4.69) is 26.7 Å². The van der Waals surface area contributed by atoms with Crippen molar-refractivity contribution in [1.82, 2.24) is 14.8 Å². The summed E-state index contributed by atoms with van der Waals surface area (Å²) in [6, 6.07) is 10.9. The fraction of sp³-hybridized carbons (Fsp3) is 0.320. The molecule has 0 spiro atoms. The second-order valence-corrected chi connectivity index (χ2v) is 8.32. The second-order valence-electron chi connectivity index (χ2n) is 7.91. The fourth-order valence-corrected chi connectivity index (χ4v) is 4.13. The van der Waals surface area contributed by atoms with Crippen molar-refractivity contribution < 1.29 is 14.3 Å². The number of aromatic nitrogens is 3. The van der Waals surface area contributed by atoms with Crippen LogP contribution in [0.2, 0.25) is 5.02 Å². The number of rotatable bonds is 8. The summed E-state index contributed by atoms with van der Waals surface area (Å²) in [5.41, 5.74) is 2.41. The molecule has 0 radical (unpaired) electrons. The third-order valence-corrected chi connectivity index (χ3v) is 5.90. The summed E-state index contributed by atoms with van der Waals surface area (Å²) in [5, 5.41) is 12.2. The smallest absolute Gasteiger partial charge is 0.262 e. The zero-order chi connectivity index (χ0) is 23.2. The first-order chi connectivity index (χ1) is 16.1. The summed E-state index contributed by atoms with van der Waals surface area (Å²) < 4.78 is 13.2. The van der Waals surface area contributed by atoms with Gasteiger partial charge in [-0.25, -0.2) is 0 Å². The van der Waals surface area contributed by atoms with Crippen LogP contribution in [0.25, 0.3) is 11.4 Å². The van der Waals surface area contributed by atoms with Gasteiger partial charge in [0.15, 0.2) is 23.9 Å². The summed E-state index contributed by atoms with van der Waals surface area (Å²) in [5.74, 6) is 2.50. The molecule has 2 heterocycles. The van der Waals surface area contributed by atoms with Crippen LogP contribution in [0.1, 0.15) is 30.7 Å². The molecule has 0 fully saturated rings. The minimum Gasteiger partial charge on any atom is -0.493 e. The first-order valence-electron chi connectivity index (χ1n) is 11.0. The molecule has 0 saturated carbocycles. The molecule has 1 amide bonds. The Morgan fingerprint density at radius 3 is 2.88 bits per heavy atom. The molecule has 1 aliphatic rings. The Kier molecular flexibility index (Phi) is 7.29. The summed E-state index contributed by atoms with van der Waals surface area (Å²) in [6.45, 7) is 4.45. The lowest BCUT2D eigenvalue weighted by Crippen LogP contribution is -2.20. The van der Waals surface area contributed by atoms with Gasteiger partial charge in [-0.05, 0) is 55.2 Å². The minimum atomic E-state index is -0.291. The van der Waals surface area contributed by atoms with Crippen molar-refractivity contribution in [3.63, 3.8) is 0 Å². The van der Waals surface area contributed by atoms with E-state index in [1.165, 1.54) is 6.42 Å². The van der Waals surface area contributed by atoms with Crippen LogP contribution >= 0.6 is 11.6 Å². The zero-order valence-electron chi connectivity index (χ0n) is 18.6. The molecule has 1 aliphatic heterocycles. The van der Waals surface area contributed by atoms with Gasteiger partial charge in [-0.2, -0.15) is 0 Å². The van der Waals surface area contributed by atoms with Crippen LogP contribution in [0.4, 0.5) is 5.69 Å². The van der Waals surface area contributed by atoms with Gasteiger partial charge < -0.3 is 19.4 Å². The lowest BCUT2D eigenvalue weighted by molar-refractivity contribution is -0.118. The molecule has 4 rings (SSSR count). The molecule has 1 N–H and O–H groups in total. The van der Waals surface area contributed by atoms with Crippen molar-refractivity contribution in [2.75, 3.05) is 19.0 Å². The maximum absolute atomic E-state index is 12.6. The third-order valence-electron chi connectivity index (χ3n) is 5.57. The van der Waals surface area contributed by atoms with Crippen molar-refractivity contribution in [2.45, 2.75) is 38.6 Å². The number of nitrogens with zero attached hydrogens (tertiary/aromatic N) is 3. The molecule has 33 heavy (non-hydrogen) atoms. The van der Waals surface area contributed by atoms with Crippen LogP contribution in [0.3, 0.4) is 0 Å². The number of benzene rings is 2. The highest BCUT2D eigenvalue weighted by atomic mass is 35.5. The van der Waals surface area contributed by atoms with Gasteiger partial charge in [0.25, 0.3) is 5.91 Å². The number of methoxy groups -OCH3 is 1. The average Bonchev–Trinajstić information content (AvgIpc) is 3.07. The lowest BCUT2D eigenvalue weighted by Gasteiger charge is -2.13. The average molecular weight is 467 g/mol. The number of amides is 1. The second kappa shape index (κ2) is 10.5. The number of halogens is 1. The Morgan fingerprint density at radius 1 is 1.18 bits per heavy atom. The van der Waals surface area contributed by atoms with E-state index in [4.69, 9.17) is 21.1 Å². The molecule has 172 valence electrons. The molecule has 8 heteroatoms. The Hall–Kier alpha value is -3.32. The number of carbonyl (C=O) groups is 1. The van der Waals surface area contributed by atoms with Crippen LogP contribution in [0.5, 0.6) is 11.5 Å². The number of carbonyl (C=O) groups excluding carboxylic acids is 1. The number of hydrogen-bond acceptors (Lipinski definition) is 5. The summed E-state index contributed by atoms with van der Waals surface area (Å²) >= 11 is 6.48. The van der Waals surface area contributed by atoms with Gasteiger partial charge in [0, 0.05) is 24.2 Å². The Bertz CT molecular complexity index is 1160. The largest absolute Gasteiger partial charge is 0.493 e. The first-order valence-corrected chi connectivity index (χ1v) is 11.4. The van der Waals surface area contributed by atoms with E-state index in [1.54, 1.807) is 25.3 Å². The number of anilines is 1. The van der Waals surface area contributed by atoms with Gasteiger partial charge in [0.1, 0.15) is 5.82 Å². The van der Waals surface area contributed by atoms with E-state index in [1.807, 2.05) is 24.3 Å².